The fourth-order valence-electron chi connectivity index (χ4n) is 2.33. The molecule has 0 fully saturated rings. The van der Waals surface area contributed by atoms with Gasteiger partial charge < -0.3 is 10.3 Å². The first kappa shape index (κ1) is 13.7. The highest BCUT2D eigenvalue weighted by molar-refractivity contribution is 5.38. The maximum absolute atomic E-state index is 6.21. The van der Waals surface area contributed by atoms with E-state index < -0.39 is 0 Å². The molecule has 0 unspecified atom stereocenters. The molecule has 3 heteroatoms. The van der Waals surface area contributed by atoms with Crippen LogP contribution in [0.1, 0.15) is 36.8 Å². The molecular formula is C16H23N3. The summed E-state index contributed by atoms with van der Waals surface area (Å²) in [4.78, 5) is 4.62. The van der Waals surface area contributed by atoms with Crippen molar-refractivity contribution in [3.63, 3.8) is 0 Å². The van der Waals surface area contributed by atoms with Gasteiger partial charge in [-0.1, -0.05) is 43.7 Å². The topological polar surface area (TPSA) is 43.8 Å². The first-order valence-corrected chi connectivity index (χ1v) is 7.07. The molecule has 0 aliphatic rings. The summed E-state index contributed by atoms with van der Waals surface area (Å²) in [5, 5.41) is 0. The molecule has 0 spiro atoms. The van der Waals surface area contributed by atoms with E-state index >= 15 is 0 Å². The summed E-state index contributed by atoms with van der Waals surface area (Å²) in [5.74, 6) is 1.89. The van der Waals surface area contributed by atoms with E-state index in [1.807, 2.05) is 13.0 Å². The number of aryl methyl sites for hydroxylation is 3. The molecule has 0 saturated heterocycles. The number of unbranched alkanes of at least 4 members (excludes halogenated alkanes) is 1. The lowest BCUT2D eigenvalue weighted by molar-refractivity contribution is 0.622. The zero-order valence-electron chi connectivity index (χ0n) is 11.9. The highest BCUT2D eigenvalue weighted by atomic mass is 15.1. The van der Waals surface area contributed by atoms with Gasteiger partial charge in [0.05, 0.1) is 5.69 Å². The molecule has 0 amide bonds. The minimum absolute atomic E-state index is 0.849. The van der Waals surface area contributed by atoms with Crippen molar-refractivity contribution < 1.29 is 0 Å². The number of hydrogen-bond donors (Lipinski definition) is 1. The number of aromatic nitrogens is 2. The fraction of sp³-hybridized carbons (Fsp3) is 0.438. The number of imidazole rings is 1. The molecule has 2 rings (SSSR count). The third-order valence-corrected chi connectivity index (χ3v) is 3.50. The molecule has 0 atom stereocenters. The van der Waals surface area contributed by atoms with E-state index in [-0.39, 0.29) is 0 Å². The standard InChI is InChI=1S/C16H23N3/c1-3-4-12-19-13(2)18-15(16(19)17)11-10-14-8-6-5-7-9-14/h5-9H,3-4,10-12,17H2,1-2H3. The third-order valence-electron chi connectivity index (χ3n) is 3.50. The number of nitrogens with zero attached hydrogens (tertiary/aromatic N) is 2. The fourth-order valence-corrected chi connectivity index (χ4v) is 2.33. The lowest BCUT2D eigenvalue weighted by atomic mass is 10.1. The molecule has 102 valence electrons. The van der Waals surface area contributed by atoms with Crippen molar-refractivity contribution in [1.82, 2.24) is 9.55 Å². The van der Waals surface area contributed by atoms with Crippen molar-refractivity contribution in [2.45, 2.75) is 46.1 Å². The molecule has 1 heterocycles. The summed E-state index contributed by atoms with van der Waals surface area (Å²) in [5.41, 5.74) is 8.58. The molecule has 2 aromatic rings. The summed E-state index contributed by atoms with van der Waals surface area (Å²) in [6.07, 6.45) is 4.24. The smallest absolute Gasteiger partial charge is 0.126 e. The SMILES string of the molecule is CCCCn1c(C)nc(CCc2ccccc2)c1N. The van der Waals surface area contributed by atoms with Gasteiger partial charge >= 0.3 is 0 Å². The Labute approximate surface area is 115 Å². The van der Waals surface area contributed by atoms with Crippen LogP contribution >= 0.6 is 0 Å². The lowest BCUT2D eigenvalue weighted by Crippen LogP contribution is -2.05. The Morgan fingerprint density at radius 2 is 1.89 bits per heavy atom. The van der Waals surface area contributed by atoms with Gasteiger partial charge in [-0.2, -0.15) is 0 Å². The molecular weight excluding hydrogens is 234 g/mol. The van der Waals surface area contributed by atoms with Crippen molar-refractivity contribution in [3.8, 4) is 0 Å². The van der Waals surface area contributed by atoms with E-state index in [0.717, 1.165) is 43.1 Å². The Bertz CT molecular complexity index is 514. The van der Waals surface area contributed by atoms with Crippen molar-refractivity contribution >= 4 is 5.82 Å². The number of hydrogen-bond acceptors (Lipinski definition) is 2. The third kappa shape index (κ3) is 3.37. The van der Waals surface area contributed by atoms with Crippen molar-refractivity contribution in [1.29, 1.82) is 0 Å². The average molecular weight is 257 g/mol. The number of nitrogen functional groups attached to an aromatic ring is 1. The summed E-state index contributed by atoms with van der Waals surface area (Å²) >= 11 is 0. The van der Waals surface area contributed by atoms with Crippen LogP contribution in [0, 0.1) is 6.92 Å². The van der Waals surface area contributed by atoms with Gasteiger partial charge in [0, 0.05) is 6.54 Å². The summed E-state index contributed by atoms with van der Waals surface area (Å²) < 4.78 is 2.14. The number of rotatable bonds is 6. The van der Waals surface area contributed by atoms with E-state index in [9.17, 15) is 0 Å². The normalized spacial score (nSPS) is 10.8. The summed E-state index contributed by atoms with van der Waals surface area (Å²) in [6, 6.07) is 10.5. The van der Waals surface area contributed by atoms with Crippen LogP contribution in [0.2, 0.25) is 0 Å². The largest absolute Gasteiger partial charge is 0.384 e. The van der Waals surface area contributed by atoms with Crippen molar-refractivity contribution in [2.75, 3.05) is 5.73 Å². The number of benzene rings is 1. The monoisotopic (exact) mass is 257 g/mol. The van der Waals surface area contributed by atoms with Gasteiger partial charge in [0.2, 0.25) is 0 Å². The first-order valence-electron chi connectivity index (χ1n) is 7.07. The van der Waals surface area contributed by atoms with E-state index in [0.29, 0.717) is 0 Å². The Balaban J connectivity index is 2.05. The molecule has 0 saturated carbocycles. The second-order valence-corrected chi connectivity index (χ2v) is 4.98. The second kappa shape index (κ2) is 6.41. The van der Waals surface area contributed by atoms with E-state index in [4.69, 9.17) is 5.73 Å². The van der Waals surface area contributed by atoms with Crippen LogP contribution in [0.4, 0.5) is 5.82 Å². The molecule has 0 radical (unpaired) electrons. The second-order valence-electron chi connectivity index (χ2n) is 4.98. The highest BCUT2D eigenvalue weighted by Gasteiger charge is 2.11. The minimum atomic E-state index is 0.849. The van der Waals surface area contributed by atoms with Gasteiger partial charge in [-0.15, -0.1) is 0 Å². The lowest BCUT2D eigenvalue weighted by Gasteiger charge is -2.06. The summed E-state index contributed by atoms with van der Waals surface area (Å²) in [6.45, 7) is 5.21. The Kier molecular flexibility index (Phi) is 4.61. The van der Waals surface area contributed by atoms with Crippen LogP contribution in [0.3, 0.4) is 0 Å². The zero-order valence-corrected chi connectivity index (χ0v) is 11.9. The van der Waals surface area contributed by atoms with Crippen molar-refractivity contribution in [2.24, 2.45) is 0 Å². The van der Waals surface area contributed by atoms with Gasteiger partial charge in [-0.3, -0.25) is 0 Å². The molecule has 1 aromatic carbocycles. The molecule has 3 nitrogen and oxygen atoms in total. The van der Waals surface area contributed by atoms with Gasteiger partial charge in [0.1, 0.15) is 11.6 Å². The molecule has 0 aliphatic heterocycles. The maximum Gasteiger partial charge on any atom is 0.126 e. The average Bonchev–Trinajstić information content (AvgIpc) is 2.70. The molecule has 2 N–H and O–H groups in total. The minimum Gasteiger partial charge on any atom is -0.384 e. The zero-order chi connectivity index (χ0) is 13.7. The van der Waals surface area contributed by atoms with Crippen LogP contribution in [0.5, 0.6) is 0 Å². The van der Waals surface area contributed by atoms with Gasteiger partial charge in [0.15, 0.2) is 0 Å². The highest BCUT2D eigenvalue weighted by Crippen LogP contribution is 2.17. The van der Waals surface area contributed by atoms with Crippen molar-refractivity contribution in [3.05, 3.63) is 47.4 Å². The molecule has 0 aliphatic carbocycles. The molecule has 19 heavy (non-hydrogen) atoms. The predicted octanol–water partition coefficient (Wildman–Crippen LogP) is 3.36. The summed E-state index contributed by atoms with van der Waals surface area (Å²) in [7, 11) is 0. The van der Waals surface area contributed by atoms with Crippen LogP contribution in [-0.2, 0) is 19.4 Å². The molecule has 1 aromatic heterocycles. The molecule has 0 bridgehead atoms. The van der Waals surface area contributed by atoms with Gasteiger partial charge in [-0.25, -0.2) is 4.98 Å². The van der Waals surface area contributed by atoms with E-state index in [2.05, 4.69) is 40.7 Å². The first-order chi connectivity index (χ1) is 9.22. The van der Waals surface area contributed by atoms with E-state index in [1.54, 1.807) is 0 Å². The van der Waals surface area contributed by atoms with Crippen LogP contribution < -0.4 is 5.73 Å². The Morgan fingerprint density at radius 1 is 1.16 bits per heavy atom. The van der Waals surface area contributed by atoms with Crippen LogP contribution in [0.25, 0.3) is 0 Å². The Morgan fingerprint density at radius 3 is 2.58 bits per heavy atom. The number of anilines is 1. The quantitative estimate of drug-likeness (QED) is 0.862. The van der Waals surface area contributed by atoms with Crippen LogP contribution in [0.15, 0.2) is 30.3 Å². The maximum atomic E-state index is 6.21. The van der Waals surface area contributed by atoms with E-state index in [1.165, 1.54) is 12.0 Å². The van der Waals surface area contributed by atoms with Gasteiger partial charge in [-0.05, 0) is 31.7 Å². The predicted molar refractivity (Wildman–Crippen MR) is 80.1 cm³/mol. The van der Waals surface area contributed by atoms with Gasteiger partial charge in [0.25, 0.3) is 0 Å². The Hall–Kier alpha value is -1.77. The van der Waals surface area contributed by atoms with Crippen LogP contribution in [-0.4, -0.2) is 9.55 Å². The number of nitrogens with two attached hydrogens (primary N) is 1.